The van der Waals surface area contributed by atoms with E-state index >= 15 is 0 Å². The van der Waals surface area contributed by atoms with Gasteiger partial charge < -0.3 is 21.1 Å². The van der Waals surface area contributed by atoms with Gasteiger partial charge in [-0.3, -0.25) is 38.5 Å². The van der Waals surface area contributed by atoms with Crippen LogP contribution >= 0.6 is 0 Å². The van der Waals surface area contributed by atoms with E-state index in [0.29, 0.717) is 17.7 Å². The number of hydrogen-bond donors (Lipinski definition) is 5. The largest absolute Gasteiger partial charge is 0.481 e. The lowest BCUT2D eigenvalue weighted by atomic mass is 9.86. The zero-order valence-corrected chi connectivity index (χ0v) is 24.0. The maximum absolute atomic E-state index is 13.5. The van der Waals surface area contributed by atoms with Crippen LogP contribution in [-0.2, 0) is 46.4 Å². The van der Waals surface area contributed by atoms with Crippen LogP contribution in [0.2, 0.25) is 0 Å². The molecule has 4 atom stereocenters. The van der Waals surface area contributed by atoms with Gasteiger partial charge in [-0.2, -0.15) is 5.21 Å². The fraction of sp³-hybridized carbons (Fsp3) is 0.481. The summed E-state index contributed by atoms with van der Waals surface area (Å²) in [6.45, 7) is 3.19. The smallest absolute Gasteiger partial charge is 0.305 e. The van der Waals surface area contributed by atoms with Crippen molar-refractivity contribution < 1.29 is 38.7 Å². The zero-order valence-electron chi connectivity index (χ0n) is 24.0. The Balaban J connectivity index is 1.75. The van der Waals surface area contributed by atoms with Crippen LogP contribution in [0, 0.1) is 11.8 Å². The first-order valence-electron chi connectivity index (χ1n) is 13.7. The lowest BCUT2D eigenvalue weighted by Crippen LogP contribution is -2.56. The summed E-state index contributed by atoms with van der Waals surface area (Å²) in [4.78, 5) is 89.4. The number of nitrogens with one attached hydrogen (secondary N) is 4. The Bertz CT molecular complexity index is 1380. The maximum Gasteiger partial charge on any atom is 0.305 e. The molecule has 1 aliphatic rings. The molecule has 16 nitrogen and oxygen atoms in total. The normalized spacial score (nSPS) is 15.9. The summed E-state index contributed by atoms with van der Waals surface area (Å²) in [5, 5.41) is 29.4. The van der Waals surface area contributed by atoms with Crippen LogP contribution in [0.3, 0.4) is 0 Å². The summed E-state index contributed by atoms with van der Waals surface area (Å²) >= 11 is 0. The molecule has 0 fully saturated rings. The van der Waals surface area contributed by atoms with E-state index in [1.165, 1.54) is 11.9 Å². The van der Waals surface area contributed by atoms with E-state index in [1.807, 2.05) is 13.8 Å². The quantitative estimate of drug-likeness (QED) is 0.151. The monoisotopic (exact) mass is 598 g/mol. The number of tetrazole rings is 1. The van der Waals surface area contributed by atoms with Crippen LogP contribution < -0.4 is 20.9 Å². The van der Waals surface area contributed by atoms with E-state index in [0.717, 1.165) is 0 Å². The Kier molecular flexibility index (Phi) is 11.1. The fourth-order valence-electron chi connectivity index (χ4n) is 4.80. The second-order valence-electron chi connectivity index (χ2n) is 10.2. The molecule has 1 unspecified atom stereocenters. The van der Waals surface area contributed by atoms with E-state index in [1.54, 1.807) is 24.3 Å². The minimum absolute atomic E-state index is 0.0513. The molecule has 2 heterocycles. The number of likely N-dealkylation sites (N-methyl/N-ethyl adjacent to an activating group) is 1. The number of benzene rings is 1. The van der Waals surface area contributed by atoms with Crippen molar-refractivity contribution in [2.45, 2.75) is 58.0 Å². The van der Waals surface area contributed by atoms with Gasteiger partial charge in [0.25, 0.3) is 5.91 Å². The van der Waals surface area contributed by atoms with Gasteiger partial charge in [0.2, 0.25) is 23.5 Å². The van der Waals surface area contributed by atoms with E-state index < -0.39 is 66.3 Å². The average Bonchev–Trinajstić information content (AvgIpc) is 3.64. The number of ketones is 2. The topological polar surface area (TPSA) is 234 Å². The van der Waals surface area contributed by atoms with Gasteiger partial charge in [0.05, 0.1) is 19.4 Å². The first kappa shape index (κ1) is 32.5. The molecule has 0 saturated heterocycles. The second-order valence-corrected chi connectivity index (χ2v) is 10.2. The number of rotatable bonds is 15. The lowest BCUT2D eigenvalue weighted by Gasteiger charge is -2.27. The van der Waals surface area contributed by atoms with Gasteiger partial charge in [-0.25, -0.2) is 0 Å². The summed E-state index contributed by atoms with van der Waals surface area (Å²) < 4.78 is 0. The molecule has 43 heavy (non-hydrogen) atoms. The highest BCUT2D eigenvalue weighted by molar-refractivity contribution is 6.38. The van der Waals surface area contributed by atoms with E-state index in [-0.39, 0.29) is 36.8 Å². The fourth-order valence-corrected chi connectivity index (χ4v) is 4.80. The summed E-state index contributed by atoms with van der Waals surface area (Å²) in [7, 11) is 1.19. The van der Waals surface area contributed by atoms with Gasteiger partial charge in [-0.05, 0) is 17.5 Å². The lowest BCUT2D eigenvalue weighted by molar-refractivity contribution is -0.143. The Morgan fingerprint density at radius 3 is 2.47 bits per heavy atom. The highest BCUT2D eigenvalue weighted by Gasteiger charge is 2.40. The molecule has 3 rings (SSSR count). The number of Topliss-reactive ketones (excluding diaryl/α,β-unsaturated/α-hetero) is 2. The molecule has 1 aromatic carbocycles. The number of carboxylic acid groups (broad SMARTS) is 1. The van der Waals surface area contributed by atoms with Crippen molar-refractivity contribution in [2.24, 2.45) is 11.8 Å². The molecule has 4 amide bonds. The molecule has 0 spiro atoms. The zero-order chi connectivity index (χ0) is 31.7. The number of carbonyl (C=O) groups is 7. The number of carbonyl (C=O) groups excluding carboxylic acids is 6. The Labute approximate surface area is 246 Å². The number of fused-ring (bicyclic) bond motifs is 1. The number of para-hydroxylation sites is 1. The highest BCUT2D eigenvalue weighted by atomic mass is 16.4. The van der Waals surface area contributed by atoms with Gasteiger partial charge in [0.15, 0.2) is 5.82 Å². The summed E-state index contributed by atoms with van der Waals surface area (Å²) in [5.74, 6) is -6.67. The molecule has 2 aromatic rings. The molecule has 0 bridgehead atoms. The molecular formula is C27H34N8O8. The molecule has 1 aromatic heterocycles. The molecule has 0 radical (unpaired) electrons. The summed E-state index contributed by atoms with van der Waals surface area (Å²) in [5.41, 5.74) is 1.04. The van der Waals surface area contributed by atoms with E-state index in [2.05, 4.69) is 36.6 Å². The number of carboxylic acids is 1. The highest BCUT2D eigenvalue weighted by Crippen LogP contribution is 2.32. The molecule has 1 aliphatic heterocycles. The van der Waals surface area contributed by atoms with Crippen LogP contribution in [0.4, 0.5) is 5.69 Å². The molecular weight excluding hydrogens is 564 g/mol. The number of H-pyrrole nitrogens is 1. The number of hydrogen-bond acceptors (Lipinski definition) is 10. The van der Waals surface area contributed by atoms with Gasteiger partial charge in [-0.1, -0.05) is 43.7 Å². The number of aromatic amines is 1. The molecule has 0 saturated carbocycles. The van der Waals surface area contributed by atoms with Crippen molar-refractivity contribution >= 4 is 46.9 Å². The molecule has 0 aliphatic carbocycles. The number of amides is 4. The molecule has 5 N–H and O–H groups in total. The Hall–Kier alpha value is -5.02. The van der Waals surface area contributed by atoms with Crippen molar-refractivity contribution in [2.75, 3.05) is 18.5 Å². The molecule has 230 valence electrons. The Morgan fingerprint density at radius 1 is 1.12 bits per heavy atom. The van der Waals surface area contributed by atoms with Crippen molar-refractivity contribution in [3.63, 3.8) is 0 Å². The van der Waals surface area contributed by atoms with Gasteiger partial charge in [0, 0.05) is 31.5 Å². The van der Waals surface area contributed by atoms with Crippen molar-refractivity contribution in [3.8, 4) is 0 Å². The third-order valence-electron chi connectivity index (χ3n) is 7.28. The first-order valence-corrected chi connectivity index (χ1v) is 13.7. The molecule has 16 heteroatoms. The summed E-state index contributed by atoms with van der Waals surface area (Å²) in [6, 6.07) is 3.86. The second kappa shape index (κ2) is 14.7. The number of aliphatic carboxylic acids is 1. The standard InChI is InChI=1S/C27H34N8O8/c1-4-14(2)17(10-16(36)11-21-31-33-34-32-21)25(41)29-13-22(37)35-19-8-6-5-7-15(19)9-20(35)26(42)30-18(12-23(38)39)24(40)27(43)28-3/h5-8,14,17-18,20H,4,9-13H2,1-3H3,(H,28,43)(H,29,41)(H,30,42)(H,38,39)(H,31,32,33,34)/t14-,17-,18?,20-/m0/s1. The van der Waals surface area contributed by atoms with E-state index in [9.17, 15) is 38.7 Å². The van der Waals surface area contributed by atoms with Crippen LogP contribution in [-0.4, -0.2) is 92.6 Å². The van der Waals surface area contributed by atoms with Crippen LogP contribution in [0.1, 0.15) is 44.5 Å². The predicted molar refractivity (Wildman–Crippen MR) is 148 cm³/mol. The Morgan fingerprint density at radius 2 is 1.84 bits per heavy atom. The van der Waals surface area contributed by atoms with Crippen molar-refractivity contribution in [3.05, 3.63) is 35.7 Å². The predicted octanol–water partition coefficient (Wildman–Crippen LogP) is -1.29. The summed E-state index contributed by atoms with van der Waals surface area (Å²) in [6.07, 6.45) is -0.414. The number of nitrogens with zero attached hydrogens (tertiary/aromatic N) is 4. The van der Waals surface area contributed by atoms with Crippen LogP contribution in [0.15, 0.2) is 24.3 Å². The third-order valence-corrected chi connectivity index (χ3v) is 7.28. The average molecular weight is 599 g/mol. The third kappa shape index (κ3) is 8.27. The number of anilines is 1. The van der Waals surface area contributed by atoms with Gasteiger partial charge in [0.1, 0.15) is 17.9 Å². The van der Waals surface area contributed by atoms with E-state index in [4.69, 9.17) is 0 Å². The maximum atomic E-state index is 13.5. The van der Waals surface area contributed by atoms with Crippen molar-refractivity contribution in [1.82, 2.24) is 36.6 Å². The van der Waals surface area contributed by atoms with Crippen molar-refractivity contribution in [1.29, 1.82) is 0 Å². The van der Waals surface area contributed by atoms with Crippen LogP contribution in [0.5, 0.6) is 0 Å². The minimum Gasteiger partial charge on any atom is -0.481 e. The van der Waals surface area contributed by atoms with Crippen LogP contribution in [0.25, 0.3) is 0 Å². The first-order chi connectivity index (χ1) is 20.5. The van der Waals surface area contributed by atoms with Gasteiger partial charge in [-0.15, -0.1) is 10.2 Å². The minimum atomic E-state index is -1.66. The SMILES string of the molecule is CC[C@H](C)[C@H](CC(=O)Cc1nn[nH]n1)C(=O)NCC(=O)N1c2ccccc2C[C@H]1C(=O)NC(CC(=O)O)C(=O)C(=O)NC. The van der Waals surface area contributed by atoms with Gasteiger partial charge >= 0.3 is 5.97 Å². The number of aromatic nitrogens is 4.